The molecular weight excluding hydrogens is 522 g/mol. The molecule has 0 spiro atoms. The van der Waals surface area contributed by atoms with Crippen molar-refractivity contribution >= 4 is 48.6 Å². The number of aliphatic hydroxyl groups is 1. The van der Waals surface area contributed by atoms with Gasteiger partial charge in [0.25, 0.3) is 10.0 Å². The normalized spacial score (nSPS) is 13.8. The van der Waals surface area contributed by atoms with Crippen LogP contribution < -0.4 is 15.4 Å². The second-order valence-electron chi connectivity index (χ2n) is 8.84. The number of nitrogens with zero attached hydrogens (tertiary/aromatic N) is 2. The minimum Gasteiger partial charge on any atom is -0.394 e. The van der Waals surface area contributed by atoms with Crippen molar-refractivity contribution in [3.05, 3.63) is 85.1 Å². The van der Waals surface area contributed by atoms with Crippen molar-refractivity contribution in [3.63, 3.8) is 0 Å². The molecule has 0 radical (unpaired) electrons. The third-order valence-corrected chi connectivity index (χ3v) is 8.18. The number of rotatable bonds is 10. The molecule has 4 N–H and O–H groups in total. The van der Waals surface area contributed by atoms with Crippen molar-refractivity contribution in [1.29, 1.82) is 0 Å². The molecule has 4 aromatic rings. The highest BCUT2D eigenvalue weighted by atomic mass is 32.2. The van der Waals surface area contributed by atoms with E-state index in [4.69, 9.17) is 0 Å². The fourth-order valence-electron chi connectivity index (χ4n) is 3.55. The van der Waals surface area contributed by atoms with Crippen molar-refractivity contribution < 1.29 is 17.7 Å². The predicted octanol–water partition coefficient (Wildman–Crippen LogP) is 4.19. The molecule has 0 aliphatic rings. The van der Waals surface area contributed by atoms with E-state index in [2.05, 4.69) is 31.2 Å². The Kier molecular flexibility index (Phi) is 8.00. The molecule has 11 heteroatoms. The van der Waals surface area contributed by atoms with E-state index < -0.39 is 19.5 Å². The van der Waals surface area contributed by atoms with E-state index in [-0.39, 0.29) is 17.5 Å². The fraction of sp³-hybridized carbons (Fsp3) is 0.148. The van der Waals surface area contributed by atoms with Crippen LogP contribution in [0.2, 0.25) is 0 Å². The van der Waals surface area contributed by atoms with Gasteiger partial charge < -0.3 is 15.7 Å². The average molecular weight is 552 g/mol. The molecule has 0 fully saturated rings. The summed E-state index contributed by atoms with van der Waals surface area (Å²) in [4.78, 5) is 9.82. The van der Waals surface area contributed by atoms with Crippen molar-refractivity contribution in [2.45, 2.75) is 22.8 Å². The van der Waals surface area contributed by atoms with E-state index in [0.29, 0.717) is 33.6 Å². The quantitative estimate of drug-likeness (QED) is 0.216. The molecule has 0 amide bonds. The summed E-state index contributed by atoms with van der Waals surface area (Å²) in [5, 5.41) is 15.9. The van der Waals surface area contributed by atoms with Gasteiger partial charge in [0.1, 0.15) is 5.82 Å². The minimum atomic E-state index is -3.71. The number of nitrogens with one attached hydrogen (secondary N) is 3. The van der Waals surface area contributed by atoms with Gasteiger partial charge in [-0.1, -0.05) is 36.4 Å². The van der Waals surface area contributed by atoms with E-state index in [1.54, 1.807) is 73.1 Å². The minimum absolute atomic E-state index is 0.108. The Morgan fingerprint density at radius 2 is 1.61 bits per heavy atom. The van der Waals surface area contributed by atoms with Crippen LogP contribution in [0.4, 0.5) is 23.1 Å². The first kappa shape index (κ1) is 27.1. The zero-order valence-corrected chi connectivity index (χ0v) is 22.6. The molecule has 4 rings (SSSR count). The molecule has 0 aliphatic carbocycles. The average Bonchev–Trinajstić information content (AvgIpc) is 2.89. The van der Waals surface area contributed by atoms with Gasteiger partial charge in [0.2, 0.25) is 5.95 Å². The first-order chi connectivity index (χ1) is 18.0. The van der Waals surface area contributed by atoms with Gasteiger partial charge >= 0.3 is 0 Å². The second-order valence-corrected chi connectivity index (χ2v) is 13.0. The van der Waals surface area contributed by atoms with Crippen LogP contribution in [0, 0.1) is 0 Å². The standard InChI is InChI=1S/C27H29N5O4S2/c1-19(18-33)29-26-25(17-28-27(31-26)30-22-8-7-11-24(16-22)37(2,3)34)20-12-14-21(15-13-20)32-38(35,36)23-9-5-4-6-10-23/h4-17,19,32-33H,2,18H2,1,3H3,(H2,28,29,30,31)/t19-,37?/m1/s1. The lowest BCUT2D eigenvalue weighted by Gasteiger charge is -2.17. The highest BCUT2D eigenvalue weighted by Gasteiger charge is 2.15. The first-order valence-corrected chi connectivity index (χ1v) is 15.3. The number of aliphatic hydroxyl groups excluding tert-OH is 1. The van der Waals surface area contributed by atoms with E-state index >= 15 is 0 Å². The van der Waals surface area contributed by atoms with Gasteiger partial charge in [-0.2, -0.15) is 4.98 Å². The van der Waals surface area contributed by atoms with Crippen LogP contribution in [-0.2, 0) is 19.5 Å². The summed E-state index contributed by atoms with van der Waals surface area (Å²) in [5.41, 5.74) is 2.48. The van der Waals surface area contributed by atoms with Gasteiger partial charge in [0.05, 0.1) is 11.5 Å². The second kappa shape index (κ2) is 11.2. The Labute approximate surface area is 223 Å². The largest absolute Gasteiger partial charge is 0.394 e. The number of hydrogen-bond donors (Lipinski definition) is 4. The van der Waals surface area contributed by atoms with Gasteiger partial charge in [0.15, 0.2) is 0 Å². The summed E-state index contributed by atoms with van der Waals surface area (Å²) in [6.45, 7) is 1.71. The Balaban J connectivity index is 1.61. The summed E-state index contributed by atoms with van der Waals surface area (Å²) < 4.78 is 40.2. The van der Waals surface area contributed by atoms with Crippen LogP contribution in [0.3, 0.4) is 0 Å². The molecule has 1 aromatic heterocycles. The maximum Gasteiger partial charge on any atom is 0.261 e. The zero-order valence-electron chi connectivity index (χ0n) is 21.0. The lowest BCUT2D eigenvalue weighted by atomic mass is 10.1. The van der Waals surface area contributed by atoms with Gasteiger partial charge in [-0.15, -0.1) is 0 Å². The molecule has 1 heterocycles. The topological polar surface area (TPSA) is 133 Å². The van der Waals surface area contributed by atoms with E-state index in [0.717, 1.165) is 5.56 Å². The summed E-state index contributed by atoms with van der Waals surface area (Å²) in [6.07, 6.45) is 3.21. The summed E-state index contributed by atoms with van der Waals surface area (Å²) in [6, 6.07) is 21.8. The molecule has 198 valence electrons. The highest BCUT2D eigenvalue weighted by Crippen LogP contribution is 2.30. The zero-order chi connectivity index (χ0) is 27.3. The van der Waals surface area contributed by atoms with Crippen LogP contribution in [-0.4, -0.2) is 52.5 Å². The van der Waals surface area contributed by atoms with Gasteiger partial charge in [-0.3, -0.25) is 8.93 Å². The number of hydrogen-bond acceptors (Lipinski definition) is 8. The Morgan fingerprint density at radius 3 is 2.26 bits per heavy atom. The monoisotopic (exact) mass is 551 g/mol. The first-order valence-electron chi connectivity index (χ1n) is 11.7. The predicted molar refractivity (Wildman–Crippen MR) is 154 cm³/mol. The number of anilines is 4. The molecule has 0 bridgehead atoms. The molecule has 1 unspecified atom stereocenters. The Hall–Kier alpha value is -3.93. The fourth-order valence-corrected chi connectivity index (χ4v) is 5.37. The molecule has 3 aromatic carbocycles. The lowest BCUT2D eigenvalue weighted by molar-refractivity contribution is 0.281. The van der Waals surface area contributed by atoms with Gasteiger partial charge in [-0.25, -0.2) is 13.4 Å². The molecule has 2 atom stereocenters. The third kappa shape index (κ3) is 6.68. The number of aromatic nitrogens is 2. The van der Waals surface area contributed by atoms with Crippen LogP contribution >= 0.6 is 0 Å². The summed E-state index contributed by atoms with van der Waals surface area (Å²) >= 11 is 0. The van der Waals surface area contributed by atoms with Crippen LogP contribution in [0.15, 0.2) is 94.9 Å². The third-order valence-electron chi connectivity index (χ3n) is 5.54. The number of benzene rings is 3. The maximum atomic E-state index is 12.6. The Bertz CT molecular complexity index is 1630. The Morgan fingerprint density at radius 1 is 0.921 bits per heavy atom. The van der Waals surface area contributed by atoms with E-state index in [1.165, 1.54) is 12.1 Å². The molecule has 0 aliphatic heterocycles. The molecule has 38 heavy (non-hydrogen) atoms. The van der Waals surface area contributed by atoms with E-state index in [1.807, 2.05) is 13.0 Å². The summed E-state index contributed by atoms with van der Waals surface area (Å²) in [7, 11) is -6.09. The lowest BCUT2D eigenvalue weighted by Crippen LogP contribution is -2.21. The molecule has 0 saturated carbocycles. The van der Waals surface area contributed by atoms with Crippen LogP contribution in [0.1, 0.15) is 6.92 Å². The van der Waals surface area contributed by atoms with E-state index in [9.17, 15) is 17.7 Å². The van der Waals surface area contributed by atoms with Gasteiger partial charge in [0, 0.05) is 40.3 Å². The molecule has 9 nitrogen and oxygen atoms in total. The van der Waals surface area contributed by atoms with Crippen molar-refractivity contribution in [2.24, 2.45) is 0 Å². The molecule has 0 saturated heterocycles. The van der Waals surface area contributed by atoms with Gasteiger partial charge in [-0.05, 0) is 70.3 Å². The summed E-state index contributed by atoms with van der Waals surface area (Å²) in [5.74, 6) is 4.51. The highest BCUT2D eigenvalue weighted by molar-refractivity contribution is 7.99. The van der Waals surface area contributed by atoms with Crippen LogP contribution in [0.25, 0.3) is 11.1 Å². The molecular formula is C27H29N5O4S2. The maximum absolute atomic E-state index is 12.6. The smallest absolute Gasteiger partial charge is 0.261 e. The SMILES string of the molecule is C=S(C)(=O)c1cccc(Nc2ncc(-c3ccc(NS(=O)(=O)c4ccccc4)cc3)c(N[C@H](C)CO)n2)c1. The van der Waals surface area contributed by atoms with Crippen LogP contribution in [0.5, 0.6) is 0 Å². The number of sulfonamides is 1. The van der Waals surface area contributed by atoms with Crippen molar-refractivity contribution in [1.82, 2.24) is 9.97 Å². The van der Waals surface area contributed by atoms with Crippen molar-refractivity contribution in [3.8, 4) is 11.1 Å². The van der Waals surface area contributed by atoms with Crippen molar-refractivity contribution in [2.75, 3.05) is 28.2 Å².